The van der Waals surface area contributed by atoms with Crippen LogP contribution in [-0.4, -0.2) is 39.1 Å². The molecule has 0 atom stereocenters. The van der Waals surface area contributed by atoms with E-state index in [2.05, 4.69) is 5.32 Å². The number of hydrogen-bond donors (Lipinski definition) is 1. The Hall–Kier alpha value is -3.41. The first-order valence-electron chi connectivity index (χ1n) is 11.8. The number of hydrogen-bond acceptors (Lipinski definition) is 7. The van der Waals surface area contributed by atoms with Crippen molar-refractivity contribution in [3.63, 3.8) is 0 Å². The van der Waals surface area contributed by atoms with E-state index in [0.29, 0.717) is 31.6 Å². The molecule has 2 aromatic carbocycles. The third-order valence-corrected chi connectivity index (χ3v) is 7.64. The SMILES string of the molecule is CC(C)(C)OC(=O)c1ccc(NC(=O)CCN2C(=O)C(=Cc3cc(-c4ccc(F)c(F)c4)cs3)SC2=S)cc1. The van der Waals surface area contributed by atoms with Crippen LogP contribution in [0, 0.1) is 11.6 Å². The highest BCUT2D eigenvalue weighted by atomic mass is 32.2. The fourth-order valence-corrected chi connectivity index (χ4v) is 5.76. The van der Waals surface area contributed by atoms with Crippen LogP contribution in [0.1, 0.15) is 42.4 Å². The van der Waals surface area contributed by atoms with Crippen LogP contribution in [0.2, 0.25) is 0 Å². The summed E-state index contributed by atoms with van der Waals surface area (Å²) in [5, 5.41) is 4.54. The van der Waals surface area contributed by atoms with Crippen LogP contribution in [-0.2, 0) is 14.3 Å². The van der Waals surface area contributed by atoms with E-state index < -0.39 is 23.2 Å². The molecule has 2 heterocycles. The van der Waals surface area contributed by atoms with E-state index >= 15 is 0 Å². The molecule has 1 fully saturated rings. The van der Waals surface area contributed by atoms with Gasteiger partial charge in [-0.15, -0.1) is 11.3 Å². The number of nitrogens with zero attached hydrogens (tertiary/aromatic N) is 1. The highest BCUT2D eigenvalue weighted by Crippen LogP contribution is 2.35. The Morgan fingerprint density at radius 2 is 1.77 bits per heavy atom. The molecule has 0 saturated carbocycles. The van der Waals surface area contributed by atoms with Crippen molar-refractivity contribution in [3.05, 3.63) is 80.9 Å². The van der Waals surface area contributed by atoms with Gasteiger partial charge in [-0.1, -0.05) is 30.0 Å². The maximum atomic E-state index is 13.6. The predicted molar refractivity (Wildman–Crippen MR) is 154 cm³/mol. The number of carbonyl (C=O) groups excluding carboxylic acids is 3. The molecule has 1 N–H and O–H groups in total. The highest BCUT2D eigenvalue weighted by molar-refractivity contribution is 8.26. The Morgan fingerprint density at radius 1 is 1.05 bits per heavy atom. The van der Waals surface area contributed by atoms with Gasteiger partial charge >= 0.3 is 5.97 Å². The van der Waals surface area contributed by atoms with Crippen molar-refractivity contribution in [2.24, 2.45) is 0 Å². The van der Waals surface area contributed by atoms with Crippen LogP contribution >= 0.6 is 35.3 Å². The molecule has 39 heavy (non-hydrogen) atoms. The summed E-state index contributed by atoms with van der Waals surface area (Å²) in [5.74, 6) is -2.91. The van der Waals surface area contributed by atoms with Crippen LogP contribution < -0.4 is 5.32 Å². The summed E-state index contributed by atoms with van der Waals surface area (Å²) in [5.41, 5.74) is 1.50. The lowest BCUT2D eigenvalue weighted by Crippen LogP contribution is -2.31. The second-order valence-corrected chi connectivity index (χ2v) is 12.2. The Labute approximate surface area is 238 Å². The van der Waals surface area contributed by atoms with Crippen LogP contribution in [0.25, 0.3) is 17.2 Å². The quantitative estimate of drug-likeness (QED) is 0.185. The summed E-state index contributed by atoms with van der Waals surface area (Å²) in [4.78, 5) is 40.1. The van der Waals surface area contributed by atoms with Crippen molar-refractivity contribution in [2.75, 3.05) is 11.9 Å². The second-order valence-electron chi connectivity index (χ2n) is 9.58. The Kier molecular flexibility index (Phi) is 8.63. The number of thiocarbonyl (C=S) groups is 1. The van der Waals surface area contributed by atoms with Crippen molar-refractivity contribution in [1.29, 1.82) is 0 Å². The molecule has 0 aliphatic carbocycles. The van der Waals surface area contributed by atoms with Gasteiger partial charge in [-0.3, -0.25) is 14.5 Å². The summed E-state index contributed by atoms with van der Waals surface area (Å²) < 4.78 is 32.5. The van der Waals surface area contributed by atoms with Gasteiger partial charge in [0.1, 0.15) is 9.92 Å². The number of thiophene rings is 1. The summed E-state index contributed by atoms with van der Waals surface area (Å²) in [7, 11) is 0. The number of ether oxygens (including phenoxy) is 1. The average Bonchev–Trinajstić information content (AvgIpc) is 3.43. The lowest BCUT2D eigenvalue weighted by molar-refractivity contribution is -0.122. The van der Waals surface area contributed by atoms with E-state index in [1.54, 1.807) is 62.6 Å². The molecular formula is C28H24F2N2O4S3. The molecular weight excluding hydrogens is 563 g/mol. The van der Waals surface area contributed by atoms with Crippen molar-refractivity contribution < 1.29 is 27.9 Å². The lowest BCUT2D eigenvalue weighted by Gasteiger charge is -2.19. The zero-order valence-electron chi connectivity index (χ0n) is 21.2. The molecule has 3 aromatic rings. The standard InChI is InChI=1S/C28H24F2N2O4S3/c1-28(2,3)36-26(35)16-4-7-19(8-5-16)31-24(33)10-11-32-25(34)23(39-27(32)37)14-20-12-18(15-38-20)17-6-9-21(29)22(30)13-17/h4-9,12-15H,10-11H2,1-3H3,(H,31,33). The Morgan fingerprint density at radius 3 is 2.44 bits per heavy atom. The van der Waals surface area contributed by atoms with E-state index in [0.717, 1.165) is 28.8 Å². The van der Waals surface area contributed by atoms with Gasteiger partial charge < -0.3 is 10.1 Å². The molecule has 202 valence electrons. The molecule has 1 aromatic heterocycles. The van der Waals surface area contributed by atoms with Gasteiger partial charge in [0.2, 0.25) is 5.91 Å². The molecule has 1 saturated heterocycles. The lowest BCUT2D eigenvalue weighted by atomic mass is 10.1. The molecule has 0 spiro atoms. The minimum atomic E-state index is -0.928. The highest BCUT2D eigenvalue weighted by Gasteiger charge is 2.32. The van der Waals surface area contributed by atoms with Crippen molar-refractivity contribution >= 4 is 69.2 Å². The Bertz CT molecular complexity index is 1480. The molecule has 0 radical (unpaired) electrons. The molecule has 0 bridgehead atoms. The zero-order valence-corrected chi connectivity index (χ0v) is 23.7. The number of esters is 1. The van der Waals surface area contributed by atoms with Crippen molar-refractivity contribution in [2.45, 2.75) is 32.8 Å². The maximum absolute atomic E-state index is 13.6. The molecule has 1 aliphatic heterocycles. The average molecular weight is 587 g/mol. The summed E-state index contributed by atoms with van der Waals surface area (Å²) in [6.45, 7) is 5.45. The number of carbonyl (C=O) groups is 3. The van der Waals surface area contributed by atoms with E-state index in [9.17, 15) is 23.2 Å². The van der Waals surface area contributed by atoms with E-state index in [-0.39, 0.29) is 24.8 Å². The minimum absolute atomic E-state index is 0.0207. The number of thioether (sulfide) groups is 1. The van der Waals surface area contributed by atoms with Crippen LogP contribution in [0.3, 0.4) is 0 Å². The summed E-state index contributed by atoms with van der Waals surface area (Å²) in [6.07, 6.45) is 1.71. The van der Waals surface area contributed by atoms with Crippen LogP contribution in [0.4, 0.5) is 14.5 Å². The molecule has 1 aliphatic rings. The van der Waals surface area contributed by atoms with Gasteiger partial charge in [0, 0.05) is 23.5 Å². The van der Waals surface area contributed by atoms with Crippen LogP contribution in [0.5, 0.6) is 0 Å². The topological polar surface area (TPSA) is 75.7 Å². The monoisotopic (exact) mass is 586 g/mol. The first-order chi connectivity index (χ1) is 18.4. The molecule has 2 amide bonds. The Balaban J connectivity index is 1.33. The van der Waals surface area contributed by atoms with E-state index in [4.69, 9.17) is 17.0 Å². The number of benzene rings is 2. The van der Waals surface area contributed by atoms with E-state index in [1.165, 1.54) is 22.3 Å². The summed E-state index contributed by atoms with van der Waals surface area (Å²) in [6, 6.07) is 11.8. The normalized spacial score (nSPS) is 14.7. The number of anilines is 1. The predicted octanol–water partition coefficient (Wildman–Crippen LogP) is 6.88. The number of rotatable bonds is 7. The van der Waals surface area contributed by atoms with Gasteiger partial charge in [0.15, 0.2) is 11.6 Å². The van der Waals surface area contributed by atoms with Gasteiger partial charge in [-0.05, 0) is 85.8 Å². The first kappa shape index (κ1) is 28.6. The third kappa shape index (κ3) is 7.37. The fraction of sp³-hybridized carbons (Fsp3) is 0.214. The smallest absolute Gasteiger partial charge is 0.338 e. The van der Waals surface area contributed by atoms with E-state index in [1.807, 2.05) is 0 Å². The fourth-order valence-electron chi connectivity index (χ4n) is 3.54. The molecule has 4 rings (SSSR count). The number of nitrogens with one attached hydrogen (secondary N) is 1. The van der Waals surface area contributed by atoms with Gasteiger partial charge in [0.05, 0.1) is 10.5 Å². The number of halogens is 2. The summed E-state index contributed by atoms with van der Waals surface area (Å²) >= 11 is 7.85. The zero-order chi connectivity index (χ0) is 28.3. The second kappa shape index (κ2) is 11.8. The maximum Gasteiger partial charge on any atom is 0.338 e. The van der Waals surface area contributed by atoms with Gasteiger partial charge in [0.25, 0.3) is 5.91 Å². The molecule has 6 nitrogen and oxygen atoms in total. The van der Waals surface area contributed by atoms with Crippen molar-refractivity contribution in [1.82, 2.24) is 4.90 Å². The van der Waals surface area contributed by atoms with Gasteiger partial charge in [-0.25, -0.2) is 13.6 Å². The minimum Gasteiger partial charge on any atom is -0.456 e. The first-order valence-corrected chi connectivity index (χ1v) is 13.9. The third-order valence-electron chi connectivity index (χ3n) is 5.39. The van der Waals surface area contributed by atoms with Crippen LogP contribution in [0.15, 0.2) is 58.8 Å². The van der Waals surface area contributed by atoms with Crippen molar-refractivity contribution in [3.8, 4) is 11.1 Å². The van der Waals surface area contributed by atoms with Gasteiger partial charge in [-0.2, -0.15) is 0 Å². The molecule has 11 heteroatoms. The largest absolute Gasteiger partial charge is 0.456 e. The number of amides is 2. The molecule has 0 unspecified atom stereocenters.